The van der Waals surface area contributed by atoms with E-state index in [9.17, 15) is 9.59 Å². The fourth-order valence-electron chi connectivity index (χ4n) is 7.40. The summed E-state index contributed by atoms with van der Waals surface area (Å²) >= 11 is 6.19. The van der Waals surface area contributed by atoms with Gasteiger partial charge >= 0.3 is 0 Å². The summed E-state index contributed by atoms with van der Waals surface area (Å²) in [5, 5.41) is 3.56. The smallest absolute Gasteiger partial charge is 0.238 e. The van der Waals surface area contributed by atoms with Gasteiger partial charge in [-0.25, -0.2) is 0 Å². The van der Waals surface area contributed by atoms with Crippen molar-refractivity contribution in [2.24, 2.45) is 5.92 Å². The van der Waals surface area contributed by atoms with E-state index >= 15 is 4.79 Å². The highest BCUT2D eigenvalue weighted by molar-refractivity contribution is 6.30. The number of anilines is 2. The van der Waals surface area contributed by atoms with Crippen molar-refractivity contribution in [1.82, 2.24) is 0 Å². The van der Waals surface area contributed by atoms with Gasteiger partial charge in [0, 0.05) is 33.1 Å². The number of nitrogens with zero attached hydrogens (tertiary/aromatic N) is 1. The summed E-state index contributed by atoms with van der Waals surface area (Å²) < 4.78 is 11.1. The molecule has 1 saturated heterocycles. The Morgan fingerprint density at radius 1 is 0.884 bits per heavy atom. The first-order valence-corrected chi connectivity index (χ1v) is 14.5. The van der Waals surface area contributed by atoms with Gasteiger partial charge < -0.3 is 19.7 Å². The molecule has 0 bridgehead atoms. The third kappa shape index (κ3) is 3.52. The molecule has 4 aliphatic rings. The number of para-hydroxylation sites is 2. The van der Waals surface area contributed by atoms with Crippen molar-refractivity contribution in [3.63, 3.8) is 0 Å². The Labute approximate surface area is 252 Å². The second-order valence-corrected chi connectivity index (χ2v) is 11.8. The first-order valence-electron chi connectivity index (χ1n) is 14.1. The van der Waals surface area contributed by atoms with Gasteiger partial charge in [0.2, 0.25) is 12.7 Å². The van der Waals surface area contributed by atoms with Crippen LogP contribution in [0.25, 0.3) is 5.57 Å². The van der Waals surface area contributed by atoms with E-state index in [4.69, 9.17) is 21.1 Å². The van der Waals surface area contributed by atoms with Gasteiger partial charge in [-0.15, -0.1) is 0 Å². The lowest BCUT2D eigenvalue weighted by molar-refractivity contribution is -0.121. The average molecular weight is 589 g/mol. The van der Waals surface area contributed by atoms with Crippen LogP contribution in [0.4, 0.5) is 11.4 Å². The van der Waals surface area contributed by atoms with E-state index in [2.05, 4.69) is 5.32 Å². The fourth-order valence-corrected chi connectivity index (χ4v) is 7.53. The first kappa shape index (κ1) is 25.8. The zero-order valence-corrected chi connectivity index (χ0v) is 23.8. The van der Waals surface area contributed by atoms with Crippen LogP contribution in [-0.2, 0) is 10.2 Å². The lowest BCUT2D eigenvalue weighted by atomic mass is 9.64. The first-order chi connectivity index (χ1) is 20.9. The van der Waals surface area contributed by atoms with Crippen LogP contribution in [0.15, 0.2) is 97.1 Å². The van der Waals surface area contributed by atoms with E-state index in [1.54, 1.807) is 42.5 Å². The molecule has 8 heteroatoms. The highest BCUT2D eigenvalue weighted by Crippen LogP contribution is 2.59. The van der Waals surface area contributed by atoms with Gasteiger partial charge in [0.15, 0.2) is 23.1 Å². The lowest BCUT2D eigenvalue weighted by Gasteiger charge is -2.39. The van der Waals surface area contributed by atoms with Crippen molar-refractivity contribution in [2.75, 3.05) is 17.0 Å². The van der Waals surface area contributed by atoms with Crippen LogP contribution in [0.3, 0.4) is 0 Å². The third-order valence-corrected chi connectivity index (χ3v) is 9.47. The molecule has 212 valence electrons. The minimum Gasteiger partial charge on any atom is -0.454 e. The van der Waals surface area contributed by atoms with Gasteiger partial charge in [0.25, 0.3) is 0 Å². The van der Waals surface area contributed by atoms with Crippen LogP contribution in [-0.4, -0.2) is 36.4 Å². The molecule has 4 aromatic rings. The topological polar surface area (TPSA) is 84.9 Å². The molecule has 0 radical (unpaired) electrons. The Bertz CT molecular complexity index is 1900. The number of halogens is 1. The van der Waals surface area contributed by atoms with E-state index in [0.29, 0.717) is 38.9 Å². The van der Waals surface area contributed by atoms with E-state index < -0.39 is 23.4 Å². The molecule has 4 aliphatic heterocycles. The standard InChI is InChI=1S/C35H25ClN2O5/c1-19-16-29-35(24-7-3-4-8-25(24)37-34(35)41)30(32(39)21-12-15-27-28(17-21)43-18-42-27)31(33(40)20-10-13-22(36)14-11-20)38(29)26-9-5-2-6-23(19)26/h2-17,29-31H,18H2,1H3,(H,37,41). The number of Topliss-reactive ketones (excluding diaryl/α,β-unsaturated/α-hetero) is 2. The molecular weight excluding hydrogens is 564 g/mol. The maximum atomic E-state index is 15.0. The van der Waals surface area contributed by atoms with E-state index in [1.165, 1.54) is 0 Å². The van der Waals surface area contributed by atoms with E-state index in [0.717, 1.165) is 16.8 Å². The quantitative estimate of drug-likeness (QED) is 0.281. The lowest BCUT2D eigenvalue weighted by Crippen LogP contribution is -2.51. The number of benzene rings is 4. The Morgan fingerprint density at radius 3 is 2.44 bits per heavy atom. The summed E-state index contributed by atoms with van der Waals surface area (Å²) in [7, 11) is 0. The van der Waals surface area contributed by atoms with Crippen molar-refractivity contribution in [2.45, 2.75) is 24.4 Å². The number of ketones is 2. The van der Waals surface area contributed by atoms with Crippen molar-refractivity contribution < 1.29 is 23.9 Å². The number of fused-ring (bicyclic) bond motifs is 7. The van der Waals surface area contributed by atoms with E-state index in [1.807, 2.05) is 66.4 Å². The Kier molecular flexibility index (Phi) is 5.59. The van der Waals surface area contributed by atoms with Crippen LogP contribution in [0.1, 0.15) is 38.8 Å². The largest absolute Gasteiger partial charge is 0.454 e. The number of carbonyl (C=O) groups excluding carboxylic acids is 3. The maximum Gasteiger partial charge on any atom is 0.238 e. The fraction of sp³-hybridized carbons (Fsp3) is 0.171. The van der Waals surface area contributed by atoms with Crippen molar-refractivity contribution in [3.05, 3.63) is 124 Å². The van der Waals surface area contributed by atoms with Gasteiger partial charge in [-0.2, -0.15) is 0 Å². The summed E-state index contributed by atoms with van der Waals surface area (Å²) in [6.07, 6.45) is 2.04. The summed E-state index contributed by atoms with van der Waals surface area (Å²) in [5.41, 5.74) is 3.42. The van der Waals surface area contributed by atoms with Gasteiger partial charge in [-0.1, -0.05) is 54.1 Å². The highest BCUT2D eigenvalue weighted by atomic mass is 35.5. The molecule has 1 N–H and O–H groups in total. The molecule has 4 atom stereocenters. The molecule has 1 fully saturated rings. The van der Waals surface area contributed by atoms with Crippen LogP contribution >= 0.6 is 11.6 Å². The molecule has 4 unspecified atom stereocenters. The van der Waals surface area contributed by atoms with Gasteiger partial charge in [-0.3, -0.25) is 14.4 Å². The third-order valence-electron chi connectivity index (χ3n) is 9.22. The molecule has 1 amide bonds. The van der Waals surface area contributed by atoms with E-state index in [-0.39, 0.29) is 24.3 Å². The number of hydrogen-bond donors (Lipinski definition) is 1. The zero-order valence-electron chi connectivity index (χ0n) is 23.0. The monoisotopic (exact) mass is 588 g/mol. The molecule has 0 saturated carbocycles. The predicted molar refractivity (Wildman–Crippen MR) is 163 cm³/mol. The second-order valence-electron chi connectivity index (χ2n) is 11.3. The van der Waals surface area contributed by atoms with Gasteiger partial charge in [0.1, 0.15) is 11.5 Å². The molecule has 4 heterocycles. The molecular formula is C35H25ClN2O5. The Hall–Kier alpha value is -4.88. The van der Waals surface area contributed by atoms with Gasteiger partial charge in [-0.05, 0) is 72.7 Å². The van der Waals surface area contributed by atoms with Crippen molar-refractivity contribution in [3.8, 4) is 11.5 Å². The minimum absolute atomic E-state index is 0.0600. The van der Waals surface area contributed by atoms with Crippen LogP contribution in [0.5, 0.6) is 11.5 Å². The number of nitrogens with one attached hydrogen (secondary N) is 1. The van der Waals surface area contributed by atoms with Crippen LogP contribution in [0.2, 0.25) is 5.02 Å². The second kappa shape index (κ2) is 9.31. The van der Waals surface area contributed by atoms with Crippen molar-refractivity contribution >= 4 is 46.0 Å². The van der Waals surface area contributed by atoms with Crippen LogP contribution < -0.4 is 19.7 Å². The zero-order chi connectivity index (χ0) is 29.5. The highest BCUT2D eigenvalue weighted by Gasteiger charge is 2.70. The molecule has 7 nitrogen and oxygen atoms in total. The number of amides is 1. The molecule has 43 heavy (non-hydrogen) atoms. The molecule has 0 aliphatic carbocycles. The molecule has 8 rings (SSSR count). The Balaban J connectivity index is 1.42. The average Bonchev–Trinajstić information content (AvgIpc) is 3.70. The number of hydrogen-bond acceptors (Lipinski definition) is 6. The summed E-state index contributed by atoms with van der Waals surface area (Å²) in [6.45, 7) is 2.07. The maximum absolute atomic E-state index is 15.0. The number of ether oxygens (including phenoxy) is 2. The normalized spacial score (nSPS) is 24.2. The number of carbonyl (C=O) groups is 3. The molecule has 1 spiro atoms. The van der Waals surface area contributed by atoms with Crippen molar-refractivity contribution in [1.29, 1.82) is 0 Å². The predicted octanol–water partition coefficient (Wildman–Crippen LogP) is 6.31. The molecule has 0 aromatic heterocycles. The SMILES string of the molecule is CC1=CC2N(c3ccccc31)C(C(=O)c1ccc(Cl)cc1)C(C(=O)c1ccc3c(c1)OCO3)C21C(=O)Nc2ccccc21. The van der Waals surface area contributed by atoms with Gasteiger partial charge in [0.05, 0.1) is 12.0 Å². The minimum atomic E-state index is -1.40. The summed E-state index contributed by atoms with van der Waals surface area (Å²) in [6, 6.07) is 25.4. The summed E-state index contributed by atoms with van der Waals surface area (Å²) in [5.74, 6) is -0.987. The molecule has 4 aromatic carbocycles. The summed E-state index contributed by atoms with van der Waals surface area (Å²) in [4.78, 5) is 46.3. The van der Waals surface area contributed by atoms with Crippen LogP contribution in [0, 0.1) is 5.92 Å². The number of allylic oxidation sites excluding steroid dienone is 1. The number of rotatable bonds is 4. The Morgan fingerprint density at radius 2 is 1.60 bits per heavy atom.